The van der Waals surface area contributed by atoms with Crippen LogP contribution in [-0.2, 0) is 10.0 Å². The van der Waals surface area contributed by atoms with Gasteiger partial charge in [-0.1, -0.05) is 42.5 Å². The molecule has 0 unspecified atom stereocenters. The van der Waals surface area contributed by atoms with E-state index in [1.54, 1.807) is 65.3 Å². The number of rotatable bonds is 7. The van der Waals surface area contributed by atoms with Gasteiger partial charge in [-0.25, -0.2) is 13.1 Å². The summed E-state index contributed by atoms with van der Waals surface area (Å²) < 4.78 is 35.8. The van der Waals surface area contributed by atoms with E-state index >= 15 is 0 Å². The van der Waals surface area contributed by atoms with Crippen molar-refractivity contribution in [2.45, 2.75) is 25.7 Å². The lowest BCUT2D eigenvalue weighted by atomic mass is 10.1. The van der Waals surface area contributed by atoms with Crippen LogP contribution in [0.1, 0.15) is 17.0 Å². The van der Waals surface area contributed by atoms with Crippen molar-refractivity contribution in [2.75, 3.05) is 4.72 Å². The van der Waals surface area contributed by atoms with Gasteiger partial charge >= 0.3 is 0 Å². The Kier molecular flexibility index (Phi) is 6.45. The standard InChI is InChI=1S/C28H25N5O3S/c1-19-20(2)31-33(21(19)3)27-17-18-28(30-29-27)36-25-13-11-24(12-14-25)32-37(34,35)26-15-9-23(10-16-26)22-7-5-4-6-8-22/h4-18,32H,1-3H3. The summed E-state index contributed by atoms with van der Waals surface area (Å²) in [5.74, 6) is 1.41. The Morgan fingerprint density at radius 3 is 2.03 bits per heavy atom. The van der Waals surface area contributed by atoms with Crippen LogP contribution in [-0.4, -0.2) is 28.4 Å². The number of aromatic nitrogens is 4. The molecule has 0 fully saturated rings. The second-order valence-electron chi connectivity index (χ2n) is 8.56. The van der Waals surface area contributed by atoms with Gasteiger partial charge in [-0.15, -0.1) is 10.2 Å². The molecule has 186 valence electrons. The topological polar surface area (TPSA) is 99.0 Å². The maximum Gasteiger partial charge on any atom is 0.261 e. The van der Waals surface area contributed by atoms with E-state index in [0.29, 0.717) is 23.1 Å². The third-order valence-electron chi connectivity index (χ3n) is 6.10. The third-order valence-corrected chi connectivity index (χ3v) is 7.49. The molecule has 1 N–H and O–H groups in total. The van der Waals surface area contributed by atoms with E-state index in [-0.39, 0.29) is 4.90 Å². The van der Waals surface area contributed by atoms with Gasteiger partial charge in [0.2, 0.25) is 5.88 Å². The van der Waals surface area contributed by atoms with Crippen LogP contribution >= 0.6 is 0 Å². The van der Waals surface area contributed by atoms with Crippen LogP contribution in [0.2, 0.25) is 0 Å². The number of benzene rings is 3. The average Bonchev–Trinajstić information content (AvgIpc) is 3.18. The number of hydrogen-bond donors (Lipinski definition) is 1. The van der Waals surface area contributed by atoms with Gasteiger partial charge in [0.1, 0.15) is 5.75 Å². The first-order valence-electron chi connectivity index (χ1n) is 11.6. The monoisotopic (exact) mass is 511 g/mol. The van der Waals surface area contributed by atoms with Crippen molar-refractivity contribution < 1.29 is 13.2 Å². The molecule has 2 aromatic heterocycles. The van der Waals surface area contributed by atoms with Crippen LogP contribution in [0, 0.1) is 20.8 Å². The van der Waals surface area contributed by atoms with Gasteiger partial charge in [0.25, 0.3) is 10.0 Å². The van der Waals surface area contributed by atoms with E-state index in [1.165, 1.54) is 0 Å². The van der Waals surface area contributed by atoms with Gasteiger partial charge < -0.3 is 4.74 Å². The molecule has 9 heteroatoms. The van der Waals surface area contributed by atoms with E-state index in [1.807, 2.05) is 51.1 Å². The SMILES string of the molecule is Cc1nn(-c2ccc(Oc3ccc(NS(=O)(=O)c4ccc(-c5ccccc5)cc4)cc3)nn2)c(C)c1C. The molecule has 0 saturated heterocycles. The third kappa shape index (κ3) is 5.22. The summed E-state index contributed by atoms with van der Waals surface area (Å²) in [6, 6.07) is 26.7. The minimum atomic E-state index is -3.74. The van der Waals surface area contributed by atoms with Gasteiger partial charge in [0.15, 0.2) is 5.82 Å². The zero-order valence-electron chi connectivity index (χ0n) is 20.6. The van der Waals surface area contributed by atoms with Crippen LogP contribution < -0.4 is 9.46 Å². The van der Waals surface area contributed by atoms with Crippen molar-refractivity contribution in [3.8, 4) is 28.6 Å². The second-order valence-corrected chi connectivity index (χ2v) is 10.2. The molecule has 0 aliphatic rings. The quantitative estimate of drug-likeness (QED) is 0.294. The highest BCUT2D eigenvalue weighted by Gasteiger charge is 2.15. The van der Waals surface area contributed by atoms with E-state index < -0.39 is 10.0 Å². The lowest BCUT2D eigenvalue weighted by molar-refractivity contribution is 0.454. The Bertz CT molecular complexity index is 1630. The zero-order valence-corrected chi connectivity index (χ0v) is 21.4. The maximum absolute atomic E-state index is 12.9. The van der Waals surface area contributed by atoms with Crippen molar-refractivity contribution in [3.63, 3.8) is 0 Å². The van der Waals surface area contributed by atoms with Crippen molar-refractivity contribution in [1.82, 2.24) is 20.0 Å². The minimum Gasteiger partial charge on any atom is -0.438 e. The number of sulfonamides is 1. The molecular formula is C28H25N5O3S. The van der Waals surface area contributed by atoms with E-state index in [4.69, 9.17) is 4.74 Å². The lowest BCUT2D eigenvalue weighted by Gasteiger charge is -2.10. The molecule has 0 atom stereocenters. The Hall–Kier alpha value is -4.50. The molecule has 5 aromatic rings. The summed E-state index contributed by atoms with van der Waals surface area (Å²) in [5, 5.41) is 12.8. The molecule has 0 amide bonds. The highest BCUT2D eigenvalue weighted by atomic mass is 32.2. The van der Waals surface area contributed by atoms with E-state index in [0.717, 1.165) is 28.1 Å². The smallest absolute Gasteiger partial charge is 0.261 e. The highest BCUT2D eigenvalue weighted by molar-refractivity contribution is 7.92. The van der Waals surface area contributed by atoms with Crippen LogP contribution in [0.3, 0.4) is 0 Å². The second kappa shape index (κ2) is 9.87. The summed E-state index contributed by atoms with van der Waals surface area (Å²) in [6.45, 7) is 5.95. The molecule has 2 heterocycles. The van der Waals surface area contributed by atoms with Crippen molar-refractivity contribution in [3.05, 3.63) is 108 Å². The molecule has 0 spiro atoms. The lowest BCUT2D eigenvalue weighted by Crippen LogP contribution is -2.12. The van der Waals surface area contributed by atoms with Crippen molar-refractivity contribution >= 4 is 15.7 Å². The number of hydrogen-bond acceptors (Lipinski definition) is 6. The summed E-state index contributed by atoms with van der Waals surface area (Å²) in [6.07, 6.45) is 0. The predicted molar refractivity (Wildman–Crippen MR) is 143 cm³/mol. The molecule has 0 radical (unpaired) electrons. The predicted octanol–water partition coefficient (Wildman–Crippen LogP) is 5.85. The first-order chi connectivity index (χ1) is 17.8. The van der Waals surface area contributed by atoms with Gasteiger partial charge in [0.05, 0.1) is 10.6 Å². The summed E-state index contributed by atoms with van der Waals surface area (Å²) in [4.78, 5) is 0.181. The normalized spacial score (nSPS) is 11.3. The van der Waals surface area contributed by atoms with Crippen LogP contribution in [0.5, 0.6) is 11.6 Å². The van der Waals surface area contributed by atoms with Gasteiger partial charge in [0, 0.05) is 17.4 Å². The van der Waals surface area contributed by atoms with Gasteiger partial charge in [-0.3, -0.25) is 4.72 Å². The number of ether oxygens (including phenoxy) is 1. The Morgan fingerprint density at radius 2 is 1.43 bits per heavy atom. The van der Waals surface area contributed by atoms with Gasteiger partial charge in [-0.2, -0.15) is 5.10 Å². The van der Waals surface area contributed by atoms with E-state index in [2.05, 4.69) is 20.0 Å². The first-order valence-corrected chi connectivity index (χ1v) is 13.1. The molecule has 0 saturated carbocycles. The fraction of sp³-hybridized carbons (Fsp3) is 0.107. The van der Waals surface area contributed by atoms with Crippen LogP contribution in [0.4, 0.5) is 5.69 Å². The number of anilines is 1. The molecule has 0 bridgehead atoms. The Morgan fingerprint density at radius 1 is 0.757 bits per heavy atom. The van der Waals surface area contributed by atoms with Crippen molar-refractivity contribution in [2.24, 2.45) is 0 Å². The van der Waals surface area contributed by atoms with E-state index in [9.17, 15) is 8.42 Å². The molecule has 8 nitrogen and oxygen atoms in total. The maximum atomic E-state index is 12.9. The molecular weight excluding hydrogens is 486 g/mol. The average molecular weight is 512 g/mol. The molecule has 3 aromatic carbocycles. The van der Waals surface area contributed by atoms with Gasteiger partial charge in [-0.05, 0) is 79.9 Å². The summed E-state index contributed by atoms with van der Waals surface area (Å²) >= 11 is 0. The Balaban J connectivity index is 1.24. The highest BCUT2D eigenvalue weighted by Crippen LogP contribution is 2.25. The largest absolute Gasteiger partial charge is 0.438 e. The number of aryl methyl sites for hydroxylation is 1. The minimum absolute atomic E-state index is 0.181. The molecule has 0 aliphatic heterocycles. The fourth-order valence-corrected chi connectivity index (χ4v) is 4.87. The number of nitrogens with one attached hydrogen (secondary N) is 1. The first kappa shape index (κ1) is 24.2. The Labute approximate surface area is 215 Å². The molecule has 0 aliphatic carbocycles. The summed E-state index contributed by atoms with van der Waals surface area (Å²) in [5.41, 5.74) is 5.45. The van der Waals surface area contributed by atoms with Crippen LogP contribution in [0.15, 0.2) is 95.9 Å². The molecule has 37 heavy (non-hydrogen) atoms. The van der Waals surface area contributed by atoms with Crippen molar-refractivity contribution in [1.29, 1.82) is 0 Å². The fourth-order valence-electron chi connectivity index (χ4n) is 3.81. The van der Waals surface area contributed by atoms with Crippen LogP contribution in [0.25, 0.3) is 16.9 Å². The number of nitrogens with zero attached hydrogens (tertiary/aromatic N) is 4. The summed E-state index contributed by atoms with van der Waals surface area (Å²) in [7, 11) is -3.74. The zero-order chi connectivity index (χ0) is 26.0. The molecule has 5 rings (SSSR count).